The van der Waals surface area contributed by atoms with Crippen molar-refractivity contribution in [1.82, 2.24) is 5.32 Å². The first kappa shape index (κ1) is 27.5. The number of benzene rings is 3. The van der Waals surface area contributed by atoms with Crippen LogP contribution in [-0.2, 0) is 22.7 Å². The maximum atomic E-state index is 6.54. The lowest BCUT2D eigenvalue weighted by atomic mass is 9.87. The smallest absolute Gasteiger partial charge is 0.132 e. The monoisotopic (exact) mass is 547 g/mol. The van der Waals surface area contributed by atoms with Crippen molar-refractivity contribution < 1.29 is 23.7 Å². The zero-order valence-electron chi connectivity index (χ0n) is 22.7. The van der Waals surface area contributed by atoms with Crippen LogP contribution >= 0.6 is 11.3 Å². The molecule has 2 heterocycles. The van der Waals surface area contributed by atoms with Gasteiger partial charge in [0.05, 0.1) is 46.8 Å². The van der Waals surface area contributed by atoms with Gasteiger partial charge in [-0.05, 0) is 48.2 Å². The summed E-state index contributed by atoms with van der Waals surface area (Å²) < 4.78 is 29.7. The van der Waals surface area contributed by atoms with Gasteiger partial charge in [0, 0.05) is 40.1 Å². The van der Waals surface area contributed by atoms with Crippen LogP contribution in [0.4, 0.5) is 0 Å². The van der Waals surface area contributed by atoms with Crippen LogP contribution in [0.2, 0.25) is 0 Å². The average Bonchev–Trinajstić information content (AvgIpc) is 3.51. The van der Waals surface area contributed by atoms with Crippen molar-refractivity contribution in [3.63, 3.8) is 0 Å². The predicted octanol–water partition coefficient (Wildman–Crippen LogP) is 6.57. The molecule has 6 nitrogen and oxygen atoms in total. The Morgan fingerprint density at radius 1 is 0.897 bits per heavy atom. The lowest BCUT2D eigenvalue weighted by Gasteiger charge is -2.33. The molecule has 1 aromatic heterocycles. The molecule has 39 heavy (non-hydrogen) atoms. The first-order valence-electron chi connectivity index (χ1n) is 13.5. The van der Waals surface area contributed by atoms with Gasteiger partial charge in [0.15, 0.2) is 0 Å². The van der Waals surface area contributed by atoms with Crippen LogP contribution in [0.1, 0.15) is 34.8 Å². The van der Waals surface area contributed by atoms with E-state index in [0.717, 1.165) is 59.5 Å². The van der Waals surface area contributed by atoms with Crippen molar-refractivity contribution in [2.45, 2.75) is 38.1 Å². The summed E-state index contributed by atoms with van der Waals surface area (Å²) in [5.41, 5.74) is 2.26. The zero-order chi connectivity index (χ0) is 26.9. The summed E-state index contributed by atoms with van der Waals surface area (Å²) in [7, 11) is 3.41. The minimum absolute atomic E-state index is 0.0492. The van der Waals surface area contributed by atoms with E-state index in [2.05, 4.69) is 53.2 Å². The topological polar surface area (TPSA) is 58.2 Å². The second kappa shape index (κ2) is 13.8. The maximum absolute atomic E-state index is 6.54. The number of hydrogen-bond donors (Lipinski definition) is 1. The van der Waals surface area contributed by atoms with Crippen molar-refractivity contribution in [2.24, 2.45) is 0 Å². The molecular formula is C32H37NO5S. The molecule has 3 aromatic carbocycles. The van der Waals surface area contributed by atoms with Crippen LogP contribution in [0.5, 0.6) is 17.2 Å². The van der Waals surface area contributed by atoms with Crippen molar-refractivity contribution in [2.75, 3.05) is 40.5 Å². The minimum atomic E-state index is 0.0492. The van der Waals surface area contributed by atoms with E-state index in [1.165, 1.54) is 10.4 Å². The third-order valence-electron chi connectivity index (χ3n) is 7.17. The Kier molecular flexibility index (Phi) is 9.72. The average molecular weight is 548 g/mol. The molecule has 1 saturated heterocycles. The van der Waals surface area contributed by atoms with Gasteiger partial charge in [0.25, 0.3) is 0 Å². The van der Waals surface area contributed by atoms with E-state index in [-0.39, 0.29) is 6.10 Å². The highest BCUT2D eigenvalue weighted by molar-refractivity contribution is 7.09. The van der Waals surface area contributed by atoms with Gasteiger partial charge in [0.1, 0.15) is 17.2 Å². The lowest BCUT2D eigenvalue weighted by molar-refractivity contribution is 0.00983. The summed E-state index contributed by atoms with van der Waals surface area (Å²) in [5.74, 6) is 2.86. The molecule has 0 amide bonds. The summed E-state index contributed by atoms with van der Waals surface area (Å²) in [6, 6.07) is 22.8. The maximum Gasteiger partial charge on any atom is 0.132 e. The number of ether oxygens (including phenoxy) is 5. The molecule has 1 fully saturated rings. The third-order valence-corrected chi connectivity index (χ3v) is 8.02. The minimum Gasteiger partial charge on any atom is -0.496 e. The third kappa shape index (κ3) is 6.92. The largest absolute Gasteiger partial charge is 0.496 e. The molecule has 2 unspecified atom stereocenters. The molecule has 0 radical (unpaired) electrons. The van der Waals surface area contributed by atoms with E-state index in [1.54, 1.807) is 25.6 Å². The highest BCUT2D eigenvalue weighted by atomic mass is 32.1. The Morgan fingerprint density at radius 3 is 2.51 bits per heavy atom. The normalized spacial score (nSPS) is 17.3. The van der Waals surface area contributed by atoms with Gasteiger partial charge in [0.2, 0.25) is 0 Å². The molecule has 1 aliphatic rings. The first-order chi connectivity index (χ1) is 19.3. The summed E-state index contributed by atoms with van der Waals surface area (Å²) in [4.78, 5) is 1.25. The Balaban J connectivity index is 1.17. The van der Waals surface area contributed by atoms with Crippen LogP contribution < -0.4 is 19.5 Å². The highest BCUT2D eigenvalue weighted by Crippen LogP contribution is 2.38. The molecule has 0 bridgehead atoms. The molecule has 5 rings (SSSR count). The number of thiophene rings is 1. The fourth-order valence-electron chi connectivity index (χ4n) is 5.20. The Bertz CT molecular complexity index is 1310. The van der Waals surface area contributed by atoms with Gasteiger partial charge in [-0.15, -0.1) is 11.3 Å². The fourth-order valence-corrected chi connectivity index (χ4v) is 5.84. The molecule has 7 heteroatoms. The number of piperidine rings is 1. The van der Waals surface area contributed by atoms with E-state index in [4.69, 9.17) is 23.7 Å². The van der Waals surface area contributed by atoms with E-state index in [0.29, 0.717) is 32.3 Å². The number of fused-ring (bicyclic) bond motifs is 1. The van der Waals surface area contributed by atoms with Gasteiger partial charge in [-0.3, -0.25) is 0 Å². The fraction of sp³-hybridized carbons (Fsp3) is 0.375. The number of methoxy groups -OCH3 is 2. The van der Waals surface area contributed by atoms with E-state index < -0.39 is 0 Å². The molecule has 1 aliphatic heterocycles. The molecule has 0 aliphatic carbocycles. The second-order valence-corrected chi connectivity index (χ2v) is 10.7. The van der Waals surface area contributed by atoms with Crippen molar-refractivity contribution in [3.05, 3.63) is 88.1 Å². The Labute approximate surface area is 234 Å². The SMILES string of the molecule is COc1cc(COC2CNCCC2c2ccc(OCCCOCc3cccs3)cc2)c(OC)c2ccccc12. The van der Waals surface area contributed by atoms with E-state index in [9.17, 15) is 0 Å². The van der Waals surface area contributed by atoms with Gasteiger partial charge < -0.3 is 29.0 Å². The van der Waals surface area contributed by atoms with Crippen LogP contribution in [0, 0.1) is 0 Å². The Morgan fingerprint density at radius 2 is 1.74 bits per heavy atom. The molecule has 4 aromatic rings. The standard InChI is InChI=1S/C32H37NO5S/c1-34-30-19-24(32(35-2)29-9-4-3-8-28(29)30)21-38-31-20-33-15-14-27(31)23-10-12-25(13-11-23)37-17-6-16-36-22-26-7-5-18-39-26/h3-5,7-13,18-19,27,31,33H,6,14-17,20-22H2,1-2H3. The van der Waals surface area contributed by atoms with Crippen LogP contribution in [0.25, 0.3) is 10.8 Å². The number of nitrogens with one attached hydrogen (secondary N) is 1. The predicted molar refractivity (Wildman–Crippen MR) is 156 cm³/mol. The van der Waals surface area contributed by atoms with E-state index in [1.807, 2.05) is 24.3 Å². The van der Waals surface area contributed by atoms with Gasteiger partial charge in [-0.2, -0.15) is 0 Å². The molecule has 0 saturated carbocycles. The number of rotatable bonds is 13. The first-order valence-corrected chi connectivity index (χ1v) is 14.4. The summed E-state index contributed by atoms with van der Waals surface area (Å²) in [5, 5.41) is 7.63. The quantitative estimate of drug-likeness (QED) is 0.191. The van der Waals surface area contributed by atoms with Crippen LogP contribution in [0.3, 0.4) is 0 Å². The van der Waals surface area contributed by atoms with Crippen LogP contribution in [0.15, 0.2) is 72.1 Å². The van der Waals surface area contributed by atoms with Gasteiger partial charge in [-0.25, -0.2) is 0 Å². The van der Waals surface area contributed by atoms with Crippen LogP contribution in [-0.4, -0.2) is 46.6 Å². The summed E-state index contributed by atoms with van der Waals surface area (Å²) in [6.07, 6.45) is 1.93. The van der Waals surface area contributed by atoms with Crippen molar-refractivity contribution in [1.29, 1.82) is 0 Å². The molecule has 1 N–H and O–H groups in total. The highest BCUT2D eigenvalue weighted by Gasteiger charge is 2.28. The molecule has 0 spiro atoms. The second-order valence-electron chi connectivity index (χ2n) is 9.67. The molecule has 2 atom stereocenters. The molecule has 206 valence electrons. The van der Waals surface area contributed by atoms with Gasteiger partial charge in [-0.1, -0.05) is 42.5 Å². The van der Waals surface area contributed by atoms with E-state index >= 15 is 0 Å². The zero-order valence-corrected chi connectivity index (χ0v) is 23.5. The Hall–Kier alpha value is -3.10. The molecular weight excluding hydrogens is 510 g/mol. The van der Waals surface area contributed by atoms with Gasteiger partial charge >= 0.3 is 0 Å². The summed E-state index contributed by atoms with van der Waals surface area (Å²) in [6.45, 7) is 4.23. The lowest BCUT2D eigenvalue weighted by Crippen LogP contribution is -2.41. The van der Waals surface area contributed by atoms with Crippen molar-refractivity contribution in [3.8, 4) is 17.2 Å². The number of hydrogen-bond acceptors (Lipinski definition) is 7. The van der Waals surface area contributed by atoms with Crippen molar-refractivity contribution >= 4 is 22.1 Å². The summed E-state index contributed by atoms with van der Waals surface area (Å²) >= 11 is 1.72.